The van der Waals surface area contributed by atoms with Crippen LogP contribution >= 0.6 is 0 Å². The minimum absolute atomic E-state index is 0.0767. The summed E-state index contributed by atoms with van der Waals surface area (Å²) in [6.45, 7) is 6.12. The maximum Gasteiger partial charge on any atom is 0.131 e. The lowest BCUT2D eigenvalue weighted by atomic mass is 10.0. The van der Waals surface area contributed by atoms with Crippen LogP contribution < -0.4 is 10.1 Å². The average molecular weight is 287 g/mol. The van der Waals surface area contributed by atoms with Gasteiger partial charge in [-0.25, -0.2) is 4.39 Å². The summed E-state index contributed by atoms with van der Waals surface area (Å²) in [5.41, 5.74) is 3.08. The summed E-state index contributed by atoms with van der Waals surface area (Å²) in [7, 11) is 1.54. The highest BCUT2D eigenvalue weighted by Crippen LogP contribution is 2.24. The molecule has 0 fully saturated rings. The maximum atomic E-state index is 14.1. The van der Waals surface area contributed by atoms with Crippen molar-refractivity contribution in [1.82, 2.24) is 5.32 Å². The highest BCUT2D eigenvalue weighted by molar-refractivity contribution is 5.31. The molecule has 2 rings (SSSR count). The van der Waals surface area contributed by atoms with Gasteiger partial charge in [0.1, 0.15) is 11.6 Å². The van der Waals surface area contributed by atoms with Gasteiger partial charge in [-0.1, -0.05) is 35.9 Å². The highest BCUT2D eigenvalue weighted by Gasteiger charge is 2.15. The van der Waals surface area contributed by atoms with E-state index in [1.54, 1.807) is 12.1 Å². The molecule has 0 aliphatic rings. The first kappa shape index (κ1) is 15.5. The standard InChI is InChI=1S/C18H22FNO/c1-12-5-7-15(8-6-12)13(2)20-14(3)17-10-9-16(21-4)11-18(17)19/h5-11,13-14,20H,1-4H3. The van der Waals surface area contributed by atoms with Gasteiger partial charge in [-0.05, 0) is 32.4 Å². The van der Waals surface area contributed by atoms with Gasteiger partial charge in [0, 0.05) is 23.7 Å². The van der Waals surface area contributed by atoms with E-state index in [4.69, 9.17) is 4.74 Å². The monoisotopic (exact) mass is 287 g/mol. The molecule has 2 aromatic rings. The number of hydrogen-bond donors (Lipinski definition) is 1. The Kier molecular flexibility index (Phi) is 4.97. The molecule has 0 aliphatic carbocycles. The molecule has 0 saturated heterocycles. The molecule has 112 valence electrons. The van der Waals surface area contributed by atoms with Crippen molar-refractivity contribution in [2.24, 2.45) is 0 Å². The molecule has 2 unspecified atom stereocenters. The number of benzene rings is 2. The Balaban J connectivity index is 2.10. The summed E-state index contributed by atoms with van der Waals surface area (Å²) in [6.07, 6.45) is 0. The molecule has 0 bridgehead atoms. The molecule has 2 aromatic carbocycles. The molecule has 21 heavy (non-hydrogen) atoms. The Morgan fingerprint density at radius 1 is 1.00 bits per heavy atom. The van der Waals surface area contributed by atoms with Crippen LogP contribution in [0.5, 0.6) is 5.75 Å². The van der Waals surface area contributed by atoms with Crippen LogP contribution in [0.3, 0.4) is 0 Å². The second kappa shape index (κ2) is 6.72. The maximum absolute atomic E-state index is 14.1. The summed E-state index contributed by atoms with van der Waals surface area (Å²) >= 11 is 0. The number of ether oxygens (including phenoxy) is 1. The van der Waals surface area contributed by atoms with Gasteiger partial charge in [-0.15, -0.1) is 0 Å². The number of hydrogen-bond acceptors (Lipinski definition) is 2. The fourth-order valence-corrected chi connectivity index (χ4v) is 2.40. The van der Waals surface area contributed by atoms with Crippen LogP contribution in [0.1, 0.15) is 42.6 Å². The Bertz CT molecular complexity index is 595. The van der Waals surface area contributed by atoms with Gasteiger partial charge < -0.3 is 10.1 Å². The minimum Gasteiger partial charge on any atom is -0.497 e. The smallest absolute Gasteiger partial charge is 0.131 e. The van der Waals surface area contributed by atoms with Gasteiger partial charge in [-0.2, -0.15) is 0 Å². The Morgan fingerprint density at radius 3 is 2.24 bits per heavy atom. The molecule has 0 aliphatic heterocycles. The number of halogens is 1. The van der Waals surface area contributed by atoms with E-state index < -0.39 is 0 Å². The van der Waals surface area contributed by atoms with E-state index in [1.165, 1.54) is 24.3 Å². The second-order valence-corrected chi connectivity index (χ2v) is 5.41. The van der Waals surface area contributed by atoms with Crippen molar-refractivity contribution >= 4 is 0 Å². The SMILES string of the molecule is COc1ccc(C(C)NC(C)c2ccc(C)cc2)c(F)c1. The second-order valence-electron chi connectivity index (χ2n) is 5.41. The van der Waals surface area contributed by atoms with Crippen LogP contribution in [0, 0.1) is 12.7 Å². The van der Waals surface area contributed by atoms with Crippen molar-refractivity contribution in [1.29, 1.82) is 0 Å². The van der Waals surface area contributed by atoms with E-state index in [0.717, 1.165) is 0 Å². The van der Waals surface area contributed by atoms with Crippen molar-refractivity contribution in [3.05, 3.63) is 65.0 Å². The van der Waals surface area contributed by atoms with Crippen LogP contribution in [0.25, 0.3) is 0 Å². The summed E-state index contributed by atoms with van der Waals surface area (Å²) in [6, 6.07) is 13.4. The number of aryl methyl sites for hydroxylation is 1. The van der Waals surface area contributed by atoms with Crippen LogP contribution in [0.15, 0.2) is 42.5 Å². The van der Waals surface area contributed by atoms with Crippen molar-refractivity contribution in [2.45, 2.75) is 32.9 Å². The lowest BCUT2D eigenvalue weighted by molar-refractivity contribution is 0.408. The van der Waals surface area contributed by atoms with Gasteiger partial charge >= 0.3 is 0 Å². The third kappa shape index (κ3) is 3.82. The first-order valence-electron chi connectivity index (χ1n) is 7.17. The van der Waals surface area contributed by atoms with E-state index in [1.807, 2.05) is 6.92 Å². The quantitative estimate of drug-likeness (QED) is 0.870. The van der Waals surface area contributed by atoms with Crippen LogP contribution in [0.2, 0.25) is 0 Å². The molecule has 0 aromatic heterocycles. The molecule has 0 saturated carbocycles. The predicted molar refractivity (Wildman–Crippen MR) is 84.1 cm³/mol. The van der Waals surface area contributed by atoms with E-state index in [2.05, 4.69) is 43.4 Å². The van der Waals surface area contributed by atoms with Crippen molar-refractivity contribution in [3.63, 3.8) is 0 Å². The molecule has 0 spiro atoms. The normalized spacial score (nSPS) is 13.8. The van der Waals surface area contributed by atoms with E-state index in [9.17, 15) is 4.39 Å². The van der Waals surface area contributed by atoms with Crippen molar-refractivity contribution in [2.75, 3.05) is 7.11 Å². The number of rotatable bonds is 5. The highest BCUT2D eigenvalue weighted by atomic mass is 19.1. The molecular weight excluding hydrogens is 265 g/mol. The van der Waals surface area contributed by atoms with Gasteiger partial charge in [-0.3, -0.25) is 0 Å². The van der Waals surface area contributed by atoms with Crippen LogP contribution in [0.4, 0.5) is 4.39 Å². The summed E-state index contributed by atoms with van der Waals surface area (Å²) in [4.78, 5) is 0. The summed E-state index contributed by atoms with van der Waals surface area (Å²) < 4.78 is 19.1. The van der Waals surface area contributed by atoms with Crippen molar-refractivity contribution < 1.29 is 9.13 Å². The summed E-state index contributed by atoms with van der Waals surface area (Å²) in [5.74, 6) is 0.292. The van der Waals surface area contributed by atoms with E-state index in [-0.39, 0.29) is 17.9 Å². The average Bonchev–Trinajstić information content (AvgIpc) is 2.47. The Hall–Kier alpha value is -1.87. The lowest BCUT2D eigenvalue weighted by Crippen LogP contribution is -2.23. The molecule has 2 nitrogen and oxygen atoms in total. The molecule has 1 N–H and O–H groups in total. The zero-order chi connectivity index (χ0) is 15.4. The van der Waals surface area contributed by atoms with Gasteiger partial charge in [0.15, 0.2) is 0 Å². The molecule has 2 atom stereocenters. The molecule has 3 heteroatoms. The minimum atomic E-state index is -0.245. The fourth-order valence-electron chi connectivity index (χ4n) is 2.40. The number of methoxy groups -OCH3 is 1. The van der Waals surface area contributed by atoms with Crippen LogP contribution in [-0.2, 0) is 0 Å². The zero-order valence-electron chi connectivity index (χ0n) is 13.0. The first-order chi connectivity index (χ1) is 10.0. The molecule has 0 radical (unpaired) electrons. The largest absolute Gasteiger partial charge is 0.497 e. The van der Waals surface area contributed by atoms with Crippen molar-refractivity contribution in [3.8, 4) is 5.75 Å². The van der Waals surface area contributed by atoms with Gasteiger partial charge in [0.2, 0.25) is 0 Å². The molecular formula is C18H22FNO. The van der Waals surface area contributed by atoms with Gasteiger partial charge in [0.05, 0.1) is 7.11 Å². The molecule has 0 amide bonds. The van der Waals surface area contributed by atoms with Crippen LogP contribution in [-0.4, -0.2) is 7.11 Å². The molecule has 0 heterocycles. The number of nitrogens with one attached hydrogen (secondary N) is 1. The third-order valence-corrected chi connectivity index (χ3v) is 3.75. The summed E-state index contributed by atoms with van der Waals surface area (Å²) in [5, 5.41) is 3.43. The predicted octanol–water partition coefficient (Wildman–Crippen LogP) is 4.55. The third-order valence-electron chi connectivity index (χ3n) is 3.75. The fraction of sp³-hybridized carbons (Fsp3) is 0.333. The topological polar surface area (TPSA) is 21.3 Å². The Labute approximate surface area is 126 Å². The van der Waals surface area contributed by atoms with Gasteiger partial charge in [0.25, 0.3) is 0 Å². The van der Waals surface area contributed by atoms with E-state index in [0.29, 0.717) is 11.3 Å². The first-order valence-corrected chi connectivity index (χ1v) is 7.17. The lowest BCUT2D eigenvalue weighted by Gasteiger charge is -2.21. The Morgan fingerprint density at radius 2 is 1.67 bits per heavy atom. The zero-order valence-corrected chi connectivity index (χ0v) is 13.0. The van der Waals surface area contributed by atoms with E-state index >= 15 is 0 Å².